The van der Waals surface area contributed by atoms with E-state index in [0.717, 1.165) is 19.3 Å². The molecule has 0 heterocycles. The number of carbonyl (C=O) groups is 3. The highest BCUT2D eigenvalue weighted by molar-refractivity contribution is 5.80. The van der Waals surface area contributed by atoms with Crippen LogP contribution in [0.3, 0.4) is 0 Å². The molecule has 0 spiro atoms. The number of Topliss-reactive ketones (excluding diaryl/α,β-unsaturated/α-hetero) is 1. The second-order valence-corrected chi connectivity index (χ2v) is 8.55. The fourth-order valence-corrected chi connectivity index (χ4v) is 3.31. The van der Waals surface area contributed by atoms with Crippen LogP contribution in [0.15, 0.2) is 72.9 Å². The van der Waals surface area contributed by atoms with Crippen LogP contribution in [0.5, 0.6) is 0 Å². The molecule has 0 saturated heterocycles. The fourth-order valence-electron chi connectivity index (χ4n) is 3.31. The smallest absolute Gasteiger partial charge is 0.303 e. The Kier molecular flexibility index (Phi) is 21.8. The first-order valence-electron chi connectivity index (χ1n) is 12.8. The zero-order chi connectivity index (χ0) is 26.9. The molecule has 3 atom stereocenters. The SMILES string of the molecule is CC/C=C\CC(O)C(/C=C/C=C/C=C\C/C=C\C/C=C\CCC(=O)O)CCC(C)C(=O)CCOC=O. The number of aliphatic hydroxyl groups excluding tert-OH is 1. The lowest BCUT2D eigenvalue weighted by Crippen LogP contribution is -2.21. The zero-order valence-electron chi connectivity index (χ0n) is 21.8. The van der Waals surface area contributed by atoms with E-state index in [1.165, 1.54) is 0 Å². The summed E-state index contributed by atoms with van der Waals surface area (Å²) in [4.78, 5) is 32.8. The van der Waals surface area contributed by atoms with Crippen molar-refractivity contribution < 1.29 is 29.3 Å². The van der Waals surface area contributed by atoms with Crippen molar-refractivity contribution in [2.45, 2.75) is 77.7 Å². The summed E-state index contributed by atoms with van der Waals surface area (Å²) < 4.78 is 4.61. The van der Waals surface area contributed by atoms with Crippen molar-refractivity contribution in [3.05, 3.63) is 72.9 Å². The van der Waals surface area contributed by atoms with Gasteiger partial charge >= 0.3 is 5.97 Å². The van der Waals surface area contributed by atoms with Crippen LogP contribution in [-0.4, -0.2) is 41.1 Å². The first kappa shape index (κ1) is 33.0. The minimum atomic E-state index is -0.778. The molecule has 0 aliphatic carbocycles. The Morgan fingerprint density at radius 3 is 2.25 bits per heavy atom. The number of allylic oxidation sites excluding steroid dienone is 10. The number of carbonyl (C=O) groups excluding carboxylic acids is 2. The van der Waals surface area contributed by atoms with Gasteiger partial charge in [-0.25, -0.2) is 0 Å². The van der Waals surface area contributed by atoms with Crippen LogP contribution in [0.25, 0.3) is 0 Å². The van der Waals surface area contributed by atoms with Gasteiger partial charge in [0.25, 0.3) is 6.47 Å². The monoisotopic (exact) mass is 500 g/mol. The third kappa shape index (κ3) is 20.4. The largest absolute Gasteiger partial charge is 0.481 e. The van der Waals surface area contributed by atoms with Crippen molar-refractivity contribution in [3.8, 4) is 0 Å². The van der Waals surface area contributed by atoms with Crippen LogP contribution < -0.4 is 0 Å². The van der Waals surface area contributed by atoms with Crippen LogP contribution >= 0.6 is 0 Å². The van der Waals surface area contributed by atoms with Crippen LogP contribution in [0.2, 0.25) is 0 Å². The van der Waals surface area contributed by atoms with E-state index in [9.17, 15) is 19.5 Å². The summed E-state index contributed by atoms with van der Waals surface area (Å²) in [7, 11) is 0. The predicted octanol–water partition coefficient (Wildman–Crippen LogP) is 6.29. The highest BCUT2D eigenvalue weighted by atomic mass is 16.5. The van der Waals surface area contributed by atoms with Gasteiger partial charge in [-0.1, -0.05) is 86.8 Å². The Morgan fingerprint density at radius 2 is 1.56 bits per heavy atom. The van der Waals surface area contributed by atoms with E-state index in [4.69, 9.17) is 5.11 Å². The summed E-state index contributed by atoms with van der Waals surface area (Å²) in [5, 5.41) is 19.2. The summed E-state index contributed by atoms with van der Waals surface area (Å²) >= 11 is 0. The van der Waals surface area contributed by atoms with E-state index >= 15 is 0 Å². The van der Waals surface area contributed by atoms with Crippen molar-refractivity contribution in [2.75, 3.05) is 6.61 Å². The average Bonchev–Trinajstić information content (AvgIpc) is 2.85. The number of hydrogen-bond donors (Lipinski definition) is 2. The molecule has 0 aromatic heterocycles. The quantitative estimate of drug-likeness (QED) is 0.0783. The second-order valence-electron chi connectivity index (χ2n) is 8.55. The Labute approximate surface area is 216 Å². The molecule has 0 saturated carbocycles. The Morgan fingerprint density at radius 1 is 0.861 bits per heavy atom. The molecule has 0 fully saturated rings. The molecule has 200 valence electrons. The number of carboxylic acids is 1. The molecular formula is C30H44O6. The van der Waals surface area contributed by atoms with Gasteiger partial charge in [0.1, 0.15) is 5.78 Å². The molecule has 0 radical (unpaired) electrons. The molecule has 36 heavy (non-hydrogen) atoms. The third-order valence-electron chi connectivity index (χ3n) is 5.52. The highest BCUT2D eigenvalue weighted by Gasteiger charge is 2.19. The maximum atomic E-state index is 12.2. The second kappa shape index (κ2) is 23.7. The van der Waals surface area contributed by atoms with Gasteiger partial charge in [0.15, 0.2) is 0 Å². The number of rotatable bonds is 22. The van der Waals surface area contributed by atoms with Gasteiger partial charge in [-0.05, 0) is 44.9 Å². The van der Waals surface area contributed by atoms with Crippen molar-refractivity contribution in [1.82, 2.24) is 0 Å². The number of aliphatic carboxylic acids is 1. The molecule has 0 aromatic rings. The van der Waals surface area contributed by atoms with Gasteiger partial charge in [0.05, 0.1) is 12.7 Å². The number of aliphatic hydroxyl groups is 1. The first-order chi connectivity index (χ1) is 17.4. The summed E-state index contributed by atoms with van der Waals surface area (Å²) in [6.45, 7) is 4.40. The van der Waals surface area contributed by atoms with Gasteiger partial charge in [-0.15, -0.1) is 0 Å². The number of hydrogen-bond acceptors (Lipinski definition) is 5. The molecule has 0 rings (SSSR count). The van der Waals surface area contributed by atoms with Gasteiger partial charge < -0.3 is 14.9 Å². The molecular weight excluding hydrogens is 456 g/mol. The Hall–Kier alpha value is -2.99. The van der Waals surface area contributed by atoms with E-state index in [1.807, 2.05) is 73.8 Å². The standard InChI is InChI=1S/C30H44O6/c1-3-4-15-19-29(33)27(22-21-26(2)28(32)23-24-36-25-31)18-16-13-11-9-7-5-6-8-10-12-14-17-20-30(34)35/h4,6-9,11-16,18,25-27,29,33H,3,5,10,17,19-24H2,1-2H3,(H,34,35)/b8-6-,9-7-,13-11+,14-12-,15-4-,18-16+. The maximum absolute atomic E-state index is 12.2. The summed E-state index contributed by atoms with van der Waals surface area (Å²) in [6, 6.07) is 0. The molecule has 0 aliphatic heterocycles. The topological polar surface area (TPSA) is 101 Å². The fraction of sp³-hybridized carbons (Fsp3) is 0.500. The number of carboxylic acid groups (broad SMARTS) is 1. The average molecular weight is 501 g/mol. The molecule has 3 unspecified atom stereocenters. The molecule has 0 bridgehead atoms. The first-order valence-corrected chi connectivity index (χ1v) is 12.8. The van der Waals surface area contributed by atoms with Gasteiger partial charge in [0, 0.05) is 24.7 Å². The molecule has 6 nitrogen and oxygen atoms in total. The third-order valence-corrected chi connectivity index (χ3v) is 5.52. The molecule has 6 heteroatoms. The minimum Gasteiger partial charge on any atom is -0.481 e. The lowest BCUT2D eigenvalue weighted by atomic mass is 9.88. The molecule has 0 aliphatic rings. The number of ketones is 1. The maximum Gasteiger partial charge on any atom is 0.303 e. The number of ether oxygens (including phenoxy) is 1. The van der Waals surface area contributed by atoms with Crippen LogP contribution in [0.4, 0.5) is 0 Å². The van der Waals surface area contributed by atoms with E-state index in [0.29, 0.717) is 32.2 Å². The lowest BCUT2D eigenvalue weighted by Gasteiger charge is -2.20. The lowest BCUT2D eigenvalue weighted by molar-refractivity contribution is -0.137. The molecule has 0 amide bonds. The van der Waals surface area contributed by atoms with Gasteiger partial charge in [-0.3, -0.25) is 14.4 Å². The molecule has 2 N–H and O–H groups in total. The van der Waals surface area contributed by atoms with Crippen molar-refractivity contribution in [2.24, 2.45) is 11.8 Å². The molecule has 0 aromatic carbocycles. The van der Waals surface area contributed by atoms with Crippen molar-refractivity contribution in [3.63, 3.8) is 0 Å². The van der Waals surface area contributed by atoms with Crippen molar-refractivity contribution in [1.29, 1.82) is 0 Å². The van der Waals surface area contributed by atoms with Crippen molar-refractivity contribution >= 4 is 18.2 Å². The van der Waals surface area contributed by atoms with Gasteiger partial charge in [-0.2, -0.15) is 0 Å². The van der Waals surface area contributed by atoms with Crippen LogP contribution in [0.1, 0.15) is 71.6 Å². The Balaban J connectivity index is 4.60. The van der Waals surface area contributed by atoms with E-state index in [-0.39, 0.29) is 37.1 Å². The zero-order valence-corrected chi connectivity index (χ0v) is 21.8. The van der Waals surface area contributed by atoms with E-state index in [2.05, 4.69) is 17.7 Å². The normalized spacial score (nSPS) is 15.1. The summed E-state index contributed by atoms with van der Waals surface area (Å²) in [5.41, 5.74) is 0. The van der Waals surface area contributed by atoms with E-state index in [1.54, 1.807) is 0 Å². The predicted molar refractivity (Wildman–Crippen MR) is 145 cm³/mol. The van der Waals surface area contributed by atoms with E-state index < -0.39 is 12.1 Å². The van der Waals surface area contributed by atoms with Crippen LogP contribution in [-0.2, 0) is 19.1 Å². The highest BCUT2D eigenvalue weighted by Crippen LogP contribution is 2.21. The minimum absolute atomic E-state index is 0.0619. The van der Waals surface area contributed by atoms with Gasteiger partial charge in [0.2, 0.25) is 0 Å². The van der Waals surface area contributed by atoms with Crippen LogP contribution in [0, 0.1) is 11.8 Å². The summed E-state index contributed by atoms with van der Waals surface area (Å²) in [5.74, 6) is -0.928. The Bertz CT molecular complexity index is 772. The summed E-state index contributed by atoms with van der Waals surface area (Å²) in [6.07, 6.45) is 28.7.